The van der Waals surface area contributed by atoms with Crippen LogP contribution < -0.4 is 5.32 Å². The van der Waals surface area contributed by atoms with Gasteiger partial charge in [0.15, 0.2) is 0 Å². The Labute approximate surface area is 107 Å². The molecule has 1 unspecified atom stereocenters. The second kappa shape index (κ2) is 5.82. The van der Waals surface area contributed by atoms with Gasteiger partial charge in [-0.25, -0.2) is 4.98 Å². The number of hydrogen-bond donors (Lipinski definition) is 2. The third-order valence-electron chi connectivity index (χ3n) is 3.21. The first kappa shape index (κ1) is 12.8. The molecule has 2 rings (SSSR count). The molecule has 1 fully saturated rings. The molecule has 0 aliphatic carbocycles. The van der Waals surface area contributed by atoms with E-state index in [4.69, 9.17) is 0 Å². The number of carbonyl (C=O) groups is 1. The Balaban J connectivity index is 2.15. The van der Waals surface area contributed by atoms with Gasteiger partial charge in [-0.05, 0) is 31.9 Å². The van der Waals surface area contributed by atoms with Crippen molar-refractivity contribution in [3.63, 3.8) is 0 Å². The average molecular weight is 249 g/mol. The van der Waals surface area contributed by atoms with Crippen LogP contribution in [0.3, 0.4) is 0 Å². The van der Waals surface area contributed by atoms with E-state index in [2.05, 4.69) is 10.3 Å². The van der Waals surface area contributed by atoms with Crippen LogP contribution in [0.25, 0.3) is 0 Å². The predicted molar refractivity (Wildman–Crippen MR) is 69.5 cm³/mol. The van der Waals surface area contributed by atoms with Gasteiger partial charge in [-0.3, -0.25) is 4.79 Å². The van der Waals surface area contributed by atoms with E-state index in [1.165, 1.54) is 0 Å². The standard InChI is InChI=1S/C13H19N3O2/c1-2-14-12-8-10(5-6-15-12)13(18)16-7-3-4-11(16)9-17/h5-6,8,11,17H,2-4,7,9H2,1H3,(H,14,15). The number of carbonyl (C=O) groups excluding carboxylic acids is 1. The summed E-state index contributed by atoms with van der Waals surface area (Å²) in [5, 5.41) is 12.3. The van der Waals surface area contributed by atoms with Crippen LogP contribution in [-0.2, 0) is 0 Å². The minimum absolute atomic E-state index is 0.0203. The summed E-state index contributed by atoms with van der Waals surface area (Å²) < 4.78 is 0. The maximum absolute atomic E-state index is 12.3. The lowest BCUT2D eigenvalue weighted by Gasteiger charge is -2.23. The minimum atomic E-state index is -0.0340. The van der Waals surface area contributed by atoms with Crippen molar-refractivity contribution in [2.45, 2.75) is 25.8 Å². The number of aliphatic hydroxyl groups excluding tert-OH is 1. The highest BCUT2D eigenvalue weighted by Crippen LogP contribution is 2.20. The lowest BCUT2D eigenvalue weighted by molar-refractivity contribution is 0.0677. The summed E-state index contributed by atoms with van der Waals surface area (Å²) in [4.78, 5) is 18.2. The minimum Gasteiger partial charge on any atom is -0.394 e. The summed E-state index contributed by atoms with van der Waals surface area (Å²) in [6.45, 7) is 3.52. The molecule has 0 spiro atoms. The first-order chi connectivity index (χ1) is 8.76. The Bertz CT molecular complexity index is 422. The fourth-order valence-corrected chi connectivity index (χ4v) is 2.30. The van der Waals surface area contributed by atoms with Gasteiger partial charge in [-0.15, -0.1) is 0 Å². The molecule has 1 amide bonds. The number of aromatic nitrogens is 1. The van der Waals surface area contributed by atoms with Crippen LogP contribution in [-0.4, -0.2) is 46.6 Å². The molecular formula is C13H19N3O2. The van der Waals surface area contributed by atoms with Crippen molar-refractivity contribution < 1.29 is 9.90 Å². The summed E-state index contributed by atoms with van der Waals surface area (Å²) >= 11 is 0. The normalized spacial score (nSPS) is 19.0. The number of likely N-dealkylation sites (tertiary alicyclic amines) is 1. The van der Waals surface area contributed by atoms with E-state index >= 15 is 0 Å². The van der Waals surface area contributed by atoms with Gasteiger partial charge in [0, 0.05) is 24.8 Å². The molecule has 0 aromatic carbocycles. The predicted octanol–water partition coefficient (Wildman–Crippen LogP) is 1.11. The highest BCUT2D eigenvalue weighted by atomic mass is 16.3. The molecule has 1 aromatic heterocycles. The number of amides is 1. The Morgan fingerprint density at radius 3 is 3.22 bits per heavy atom. The lowest BCUT2D eigenvalue weighted by atomic mass is 10.2. The van der Waals surface area contributed by atoms with Gasteiger partial charge in [0.2, 0.25) is 0 Å². The maximum atomic E-state index is 12.3. The quantitative estimate of drug-likeness (QED) is 0.839. The van der Waals surface area contributed by atoms with Crippen LogP contribution in [0.2, 0.25) is 0 Å². The Hall–Kier alpha value is -1.62. The Morgan fingerprint density at radius 1 is 1.67 bits per heavy atom. The van der Waals surface area contributed by atoms with Crippen LogP contribution in [0.15, 0.2) is 18.3 Å². The largest absolute Gasteiger partial charge is 0.394 e. The van der Waals surface area contributed by atoms with Crippen molar-refractivity contribution in [3.05, 3.63) is 23.9 Å². The summed E-state index contributed by atoms with van der Waals surface area (Å²) in [7, 11) is 0. The molecule has 0 bridgehead atoms. The van der Waals surface area contributed by atoms with Crippen LogP contribution in [0.4, 0.5) is 5.82 Å². The molecule has 2 N–H and O–H groups in total. The van der Waals surface area contributed by atoms with Crippen LogP contribution >= 0.6 is 0 Å². The molecule has 98 valence electrons. The van der Waals surface area contributed by atoms with Crippen molar-refractivity contribution in [2.24, 2.45) is 0 Å². The molecule has 1 atom stereocenters. The molecule has 1 aliphatic heterocycles. The molecule has 1 saturated heterocycles. The van der Waals surface area contributed by atoms with Crippen LogP contribution in [0.5, 0.6) is 0 Å². The van der Waals surface area contributed by atoms with Gasteiger partial charge >= 0.3 is 0 Å². The van der Waals surface area contributed by atoms with Gasteiger partial charge in [0.05, 0.1) is 12.6 Å². The first-order valence-electron chi connectivity index (χ1n) is 6.38. The average Bonchev–Trinajstić information content (AvgIpc) is 2.87. The summed E-state index contributed by atoms with van der Waals surface area (Å²) in [6.07, 6.45) is 3.48. The van der Waals surface area contributed by atoms with Crippen molar-refractivity contribution in [1.82, 2.24) is 9.88 Å². The molecule has 0 radical (unpaired) electrons. The molecular weight excluding hydrogens is 230 g/mol. The fraction of sp³-hybridized carbons (Fsp3) is 0.538. The van der Waals surface area contributed by atoms with Gasteiger partial charge in [0.1, 0.15) is 5.82 Å². The third kappa shape index (κ3) is 2.61. The number of nitrogens with zero attached hydrogens (tertiary/aromatic N) is 2. The number of anilines is 1. The molecule has 18 heavy (non-hydrogen) atoms. The van der Waals surface area contributed by atoms with Gasteiger partial charge < -0.3 is 15.3 Å². The third-order valence-corrected chi connectivity index (χ3v) is 3.21. The zero-order valence-electron chi connectivity index (χ0n) is 10.6. The van der Waals surface area contributed by atoms with Crippen molar-refractivity contribution in [1.29, 1.82) is 0 Å². The van der Waals surface area contributed by atoms with Crippen molar-refractivity contribution in [3.8, 4) is 0 Å². The van der Waals surface area contributed by atoms with E-state index < -0.39 is 0 Å². The van der Waals surface area contributed by atoms with Gasteiger partial charge in [-0.2, -0.15) is 0 Å². The number of rotatable bonds is 4. The second-order valence-electron chi connectivity index (χ2n) is 4.44. The number of aliphatic hydroxyl groups is 1. The zero-order valence-corrected chi connectivity index (χ0v) is 10.6. The fourth-order valence-electron chi connectivity index (χ4n) is 2.30. The van der Waals surface area contributed by atoms with Gasteiger partial charge in [-0.1, -0.05) is 0 Å². The highest BCUT2D eigenvalue weighted by Gasteiger charge is 2.28. The number of nitrogens with one attached hydrogen (secondary N) is 1. The van der Waals surface area contributed by atoms with Gasteiger partial charge in [0.25, 0.3) is 5.91 Å². The van der Waals surface area contributed by atoms with Crippen LogP contribution in [0, 0.1) is 0 Å². The van der Waals surface area contributed by atoms with Crippen LogP contribution in [0.1, 0.15) is 30.1 Å². The van der Waals surface area contributed by atoms with E-state index in [-0.39, 0.29) is 18.6 Å². The summed E-state index contributed by atoms with van der Waals surface area (Å²) in [6, 6.07) is 3.45. The SMILES string of the molecule is CCNc1cc(C(=O)N2CCCC2CO)ccn1. The van der Waals surface area contributed by atoms with Crippen molar-refractivity contribution in [2.75, 3.05) is 25.0 Å². The smallest absolute Gasteiger partial charge is 0.254 e. The van der Waals surface area contributed by atoms with E-state index in [1.54, 1.807) is 23.2 Å². The highest BCUT2D eigenvalue weighted by molar-refractivity contribution is 5.95. The molecule has 1 aliphatic rings. The zero-order chi connectivity index (χ0) is 13.0. The van der Waals surface area contributed by atoms with E-state index in [0.29, 0.717) is 11.4 Å². The second-order valence-corrected chi connectivity index (χ2v) is 4.44. The molecule has 5 heteroatoms. The first-order valence-corrected chi connectivity index (χ1v) is 6.38. The topological polar surface area (TPSA) is 65.5 Å². The van der Waals surface area contributed by atoms with Crippen molar-refractivity contribution >= 4 is 11.7 Å². The molecule has 0 saturated carbocycles. The lowest BCUT2D eigenvalue weighted by Crippen LogP contribution is -2.37. The molecule has 1 aromatic rings. The Kier molecular flexibility index (Phi) is 4.15. The Morgan fingerprint density at radius 2 is 2.50 bits per heavy atom. The molecule has 5 nitrogen and oxygen atoms in total. The monoisotopic (exact) mass is 249 g/mol. The van der Waals surface area contributed by atoms with E-state index in [1.807, 2.05) is 6.92 Å². The number of pyridine rings is 1. The van der Waals surface area contributed by atoms with E-state index in [9.17, 15) is 9.90 Å². The summed E-state index contributed by atoms with van der Waals surface area (Å²) in [5.74, 6) is 0.691. The summed E-state index contributed by atoms with van der Waals surface area (Å²) in [5.41, 5.74) is 0.626. The maximum Gasteiger partial charge on any atom is 0.254 e. The molecule has 2 heterocycles. The van der Waals surface area contributed by atoms with E-state index in [0.717, 1.165) is 25.9 Å². The number of hydrogen-bond acceptors (Lipinski definition) is 4.